The fraction of sp³-hybridized carbons (Fsp3) is 0.296. The molecular formula is C27H27F3N6O3. The number of anilines is 3. The minimum atomic E-state index is -4.53. The normalized spacial score (nSPS) is 17.9. The molecule has 3 N–H and O–H groups in total. The number of aliphatic hydroxyl groups excluding tert-OH is 1. The van der Waals surface area contributed by atoms with Crippen molar-refractivity contribution in [3.8, 4) is 11.5 Å². The fourth-order valence-corrected chi connectivity index (χ4v) is 4.68. The van der Waals surface area contributed by atoms with E-state index in [9.17, 15) is 23.1 Å². The van der Waals surface area contributed by atoms with Gasteiger partial charge < -0.3 is 25.0 Å². The molecule has 0 spiro atoms. The second-order valence-electron chi connectivity index (χ2n) is 9.62. The van der Waals surface area contributed by atoms with Crippen LogP contribution in [0.2, 0.25) is 0 Å². The highest BCUT2D eigenvalue weighted by Crippen LogP contribution is 2.38. The van der Waals surface area contributed by atoms with Crippen molar-refractivity contribution >= 4 is 34.4 Å². The summed E-state index contributed by atoms with van der Waals surface area (Å²) in [5.41, 5.74) is 1.30. The number of imidazole rings is 1. The number of carbonyl (C=O) groups excluding carboxylic acids is 1. The highest BCUT2D eigenvalue weighted by Gasteiger charge is 2.34. The number of amides is 1. The minimum absolute atomic E-state index is 0.229. The number of likely N-dealkylation sites (tertiary alicyclic amines) is 1. The zero-order valence-electron chi connectivity index (χ0n) is 21.5. The summed E-state index contributed by atoms with van der Waals surface area (Å²) < 4.78 is 48.9. The summed E-state index contributed by atoms with van der Waals surface area (Å²) in [5, 5.41) is 15.7. The molecule has 9 nitrogen and oxygen atoms in total. The van der Waals surface area contributed by atoms with Crippen LogP contribution >= 0.6 is 0 Å². The molecule has 2 aromatic carbocycles. The van der Waals surface area contributed by atoms with Crippen molar-refractivity contribution < 1.29 is 27.8 Å². The highest BCUT2D eigenvalue weighted by molar-refractivity contribution is 5.87. The second-order valence-corrected chi connectivity index (χ2v) is 9.62. The zero-order chi connectivity index (χ0) is 27.9. The second kappa shape index (κ2) is 10.2. The molecule has 4 aromatic rings. The van der Waals surface area contributed by atoms with E-state index in [0.29, 0.717) is 52.8 Å². The Morgan fingerprint density at radius 1 is 1.10 bits per heavy atom. The van der Waals surface area contributed by atoms with Crippen LogP contribution in [0.3, 0.4) is 0 Å². The summed E-state index contributed by atoms with van der Waals surface area (Å²) in [4.78, 5) is 21.6. The van der Waals surface area contributed by atoms with Gasteiger partial charge in [0.15, 0.2) is 0 Å². The third kappa shape index (κ3) is 5.81. The first-order valence-corrected chi connectivity index (χ1v) is 12.2. The highest BCUT2D eigenvalue weighted by atomic mass is 19.4. The Bertz CT molecular complexity index is 1530. The van der Waals surface area contributed by atoms with Gasteiger partial charge in [-0.25, -0.2) is 9.97 Å². The quantitative estimate of drug-likeness (QED) is 0.308. The fourth-order valence-electron chi connectivity index (χ4n) is 4.68. The minimum Gasteiger partial charge on any atom is -0.457 e. The predicted molar refractivity (Wildman–Crippen MR) is 140 cm³/mol. The van der Waals surface area contributed by atoms with Gasteiger partial charge in [-0.15, -0.1) is 0 Å². The number of hydrogen-bond acceptors (Lipinski definition) is 7. The average molecular weight is 541 g/mol. The summed E-state index contributed by atoms with van der Waals surface area (Å²) in [5.74, 6) is 1.19. The van der Waals surface area contributed by atoms with Crippen molar-refractivity contribution in [3.63, 3.8) is 0 Å². The number of ether oxygens (including phenoxy) is 1. The number of benzene rings is 2. The number of hydrogen-bond donors (Lipinski definition) is 3. The maximum Gasteiger partial charge on any atom is 0.416 e. The molecule has 1 fully saturated rings. The number of alkyl halides is 3. The van der Waals surface area contributed by atoms with Gasteiger partial charge in [0, 0.05) is 50.5 Å². The molecule has 12 heteroatoms. The van der Waals surface area contributed by atoms with Crippen molar-refractivity contribution in [2.45, 2.75) is 31.7 Å². The van der Waals surface area contributed by atoms with Gasteiger partial charge in [-0.2, -0.15) is 13.2 Å². The van der Waals surface area contributed by atoms with Gasteiger partial charge >= 0.3 is 6.18 Å². The van der Waals surface area contributed by atoms with Crippen LogP contribution < -0.4 is 15.4 Å². The van der Waals surface area contributed by atoms with Crippen LogP contribution in [0.1, 0.15) is 30.4 Å². The molecule has 0 saturated carbocycles. The molecule has 2 atom stereocenters. The number of likely N-dealkylation sites (N-methyl/N-ethyl adjacent to an activating group) is 1. The topological polar surface area (TPSA) is 105 Å². The Hall–Kier alpha value is -4.16. The summed E-state index contributed by atoms with van der Waals surface area (Å²) >= 11 is 0. The van der Waals surface area contributed by atoms with Crippen LogP contribution in [0.4, 0.5) is 30.6 Å². The van der Waals surface area contributed by atoms with E-state index < -0.39 is 18.0 Å². The molecule has 1 aliphatic rings. The Kier molecular flexibility index (Phi) is 6.91. The summed E-state index contributed by atoms with van der Waals surface area (Å²) in [6.07, 6.45) is -3.35. The van der Waals surface area contributed by atoms with E-state index in [1.165, 1.54) is 13.1 Å². The molecule has 1 unspecified atom stereocenters. The zero-order valence-corrected chi connectivity index (χ0v) is 21.5. The SMILES string of the molecule is CC(=O)Nc1cc(Oc2ccc3nc(Nc4cc([C@@H]5CC(O)N(C)C5)cc(C(F)(F)F)c4)n(C)c3c2)ccn1. The number of nitrogens with zero attached hydrogens (tertiary/aromatic N) is 4. The van der Waals surface area contributed by atoms with Crippen LogP contribution in [-0.4, -0.2) is 50.3 Å². The molecule has 3 heterocycles. The summed E-state index contributed by atoms with van der Waals surface area (Å²) in [7, 11) is 3.49. The molecule has 2 aromatic heterocycles. The lowest BCUT2D eigenvalue weighted by Crippen LogP contribution is -2.23. The van der Waals surface area contributed by atoms with Crippen LogP contribution in [0.15, 0.2) is 54.7 Å². The number of nitrogens with one attached hydrogen (secondary N) is 2. The van der Waals surface area contributed by atoms with Gasteiger partial charge in [-0.3, -0.25) is 9.69 Å². The molecule has 1 aliphatic heterocycles. The van der Waals surface area contributed by atoms with E-state index in [0.717, 1.165) is 12.1 Å². The van der Waals surface area contributed by atoms with Gasteiger partial charge in [0.1, 0.15) is 23.5 Å². The molecular weight excluding hydrogens is 513 g/mol. The number of aryl methyl sites for hydroxylation is 1. The molecule has 204 valence electrons. The van der Waals surface area contributed by atoms with E-state index >= 15 is 0 Å². The smallest absolute Gasteiger partial charge is 0.416 e. The lowest BCUT2D eigenvalue weighted by molar-refractivity contribution is -0.137. The van der Waals surface area contributed by atoms with Crippen molar-refractivity contribution in [2.75, 3.05) is 24.2 Å². The number of aromatic nitrogens is 3. The molecule has 0 bridgehead atoms. The standard InChI is InChI=1S/C27H27F3N6O3/c1-15(37)32-24-13-21(6-7-31-24)39-20-4-5-22-23(12-20)36(3)26(34-22)33-19-9-16(8-18(11-19)27(28,29)30)17-10-25(38)35(2)14-17/h4-9,11-13,17,25,38H,10,14H2,1-3H3,(H,33,34)(H,31,32,37)/t17-,25?/m1/s1. The number of pyridine rings is 1. The first-order valence-electron chi connectivity index (χ1n) is 12.2. The number of aliphatic hydroxyl groups is 1. The van der Waals surface area contributed by atoms with Crippen LogP contribution in [0.5, 0.6) is 11.5 Å². The van der Waals surface area contributed by atoms with Crippen LogP contribution in [0.25, 0.3) is 11.0 Å². The van der Waals surface area contributed by atoms with Gasteiger partial charge in [0.05, 0.1) is 16.6 Å². The van der Waals surface area contributed by atoms with E-state index in [4.69, 9.17) is 4.74 Å². The lowest BCUT2D eigenvalue weighted by Gasteiger charge is -2.17. The van der Waals surface area contributed by atoms with Crippen LogP contribution in [-0.2, 0) is 18.0 Å². The van der Waals surface area contributed by atoms with Crippen LogP contribution in [0, 0.1) is 0 Å². The monoisotopic (exact) mass is 540 g/mol. The molecule has 39 heavy (non-hydrogen) atoms. The van der Waals surface area contributed by atoms with Gasteiger partial charge in [0.25, 0.3) is 0 Å². The van der Waals surface area contributed by atoms with Crippen molar-refractivity contribution in [3.05, 3.63) is 65.9 Å². The maximum atomic E-state index is 13.7. The van der Waals surface area contributed by atoms with Crippen molar-refractivity contribution in [1.29, 1.82) is 0 Å². The largest absolute Gasteiger partial charge is 0.457 e. The van der Waals surface area contributed by atoms with Gasteiger partial charge in [-0.05, 0) is 55.4 Å². The van der Waals surface area contributed by atoms with E-state index in [1.54, 1.807) is 60.0 Å². The maximum absolute atomic E-state index is 13.7. The Balaban J connectivity index is 1.43. The summed E-state index contributed by atoms with van der Waals surface area (Å²) in [6, 6.07) is 12.4. The van der Waals surface area contributed by atoms with Gasteiger partial charge in [0.2, 0.25) is 11.9 Å². The molecule has 1 saturated heterocycles. The number of rotatable bonds is 6. The first-order chi connectivity index (χ1) is 18.5. The molecule has 0 aliphatic carbocycles. The van der Waals surface area contributed by atoms with Crippen molar-refractivity contribution in [2.24, 2.45) is 7.05 Å². The summed E-state index contributed by atoms with van der Waals surface area (Å²) in [6.45, 7) is 1.84. The third-order valence-electron chi connectivity index (χ3n) is 6.65. The predicted octanol–water partition coefficient (Wildman–Crippen LogP) is 5.22. The number of halogens is 3. The van der Waals surface area contributed by atoms with E-state index in [1.807, 2.05) is 0 Å². The third-order valence-corrected chi connectivity index (χ3v) is 6.65. The Labute approximate surface area is 222 Å². The van der Waals surface area contributed by atoms with Crippen molar-refractivity contribution in [1.82, 2.24) is 19.4 Å². The lowest BCUT2D eigenvalue weighted by atomic mass is 9.95. The Morgan fingerprint density at radius 3 is 2.56 bits per heavy atom. The number of fused-ring (bicyclic) bond motifs is 1. The average Bonchev–Trinajstić information content (AvgIpc) is 3.36. The Morgan fingerprint density at radius 2 is 1.87 bits per heavy atom. The number of carbonyl (C=O) groups is 1. The van der Waals surface area contributed by atoms with Gasteiger partial charge in [-0.1, -0.05) is 0 Å². The van der Waals surface area contributed by atoms with E-state index in [2.05, 4.69) is 20.6 Å². The molecule has 0 radical (unpaired) electrons. The molecule has 1 amide bonds. The van der Waals surface area contributed by atoms with E-state index in [-0.39, 0.29) is 17.5 Å². The first kappa shape index (κ1) is 26.4. The molecule has 5 rings (SSSR count).